The first kappa shape index (κ1) is 15.1. The van der Waals surface area contributed by atoms with Crippen LogP contribution in [-0.2, 0) is 4.79 Å². The Balaban J connectivity index is 2.16. The van der Waals surface area contributed by atoms with Crippen molar-refractivity contribution in [3.05, 3.63) is 33.9 Å². The van der Waals surface area contributed by atoms with Gasteiger partial charge in [-0.05, 0) is 19.3 Å². The maximum Gasteiger partial charge on any atom is 0.306 e. The molecular formula is C13H14F2N2O4. The molecule has 8 heteroatoms. The van der Waals surface area contributed by atoms with Gasteiger partial charge in [-0.1, -0.05) is 6.42 Å². The van der Waals surface area contributed by atoms with E-state index in [2.05, 4.69) is 5.32 Å². The lowest BCUT2D eigenvalue weighted by atomic mass is 9.85. The summed E-state index contributed by atoms with van der Waals surface area (Å²) < 4.78 is 27.5. The van der Waals surface area contributed by atoms with Crippen LogP contribution in [0, 0.1) is 27.7 Å². The van der Waals surface area contributed by atoms with Gasteiger partial charge in [-0.2, -0.15) is 0 Å². The number of benzene rings is 1. The number of hydrogen-bond acceptors (Lipinski definition) is 4. The molecule has 0 bridgehead atoms. The molecule has 1 saturated carbocycles. The van der Waals surface area contributed by atoms with Crippen LogP contribution in [0.5, 0.6) is 0 Å². The Morgan fingerprint density at radius 1 is 1.33 bits per heavy atom. The molecule has 0 heterocycles. The lowest BCUT2D eigenvalue weighted by Gasteiger charge is -2.28. The second-order valence-corrected chi connectivity index (χ2v) is 5.08. The molecule has 6 nitrogen and oxygen atoms in total. The molecular weight excluding hydrogens is 286 g/mol. The zero-order valence-electron chi connectivity index (χ0n) is 11.0. The summed E-state index contributed by atoms with van der Waals surface area (Å²) in [5, 5.41) is 22.1. The van der Waals surface area contributed by atoms with E-state index < -0.39 is 39.8 Å². The van der Waals surface area contributed by atoms with Crippen LogP contribution in [0.2, 0.25) is 0 Å². The number of carboxylic acids is 1. The largest absolute Gasteiger partial charge is 0.481 e. The summed E-state index contributed by atoms with van der Waals surface area (Å²) in [6, 6.07) is 0.913. The summed E-state index contributed by atoms with van der Waals surface area (Å²) in [5.74, 6) is -3.58. The van der Waals surface area contributed by atoms with E-state index in [1.165, 1.54) is 0 Å². The van der Waals surface area contributed by atoms with Crippen molar-refractivity contribution >= 4 is 17.3 Å². The maximum absolute atomic E-state index is 13.8. The molecule has 1 aliphatic rings. The van der Waals surface area contributed by atoms with Crippen LogP contribution in [0.15, 0.2) is 12.1 Å². The van der Waals surface area contributed by atoms with Crippen molar-refractivity contribution < 1.29 is 23.6 Å². The number of hydrogen-bond donors (Lipinski definition) is 2. The Hall–Kier alpha value is -2.25. The van der Waals surface area contributed by atoms with Crippen molar-refractivity contribution in [2.24, 2.45) is 5.92 Å². The molecule has 1 aliphatic carbocycles. The van der Waals surface area contributed by atoms with Gasteiger partial charge < -0.3 is 10.4 Å². The van der Waals surface area contributed by atoms with Gasteiger partial charge >= 0.3 is 5.97 Å². The zero-order valence-corrected chi connectivity index (χ0v) is 11.0. The topological polar surface area (TPSA) is 92.5 Å². The molecule has 2 atom stereocenters. The van der Waals surface area contributed by atoms with Gasteiger partial charge in [0.15, 0.2) is 11.6 Å². The Labute approximate surface area is 118 Å². The number of halogens is 2. The third kappa shape index (κ3) is 3.45. The predicted molar refractivity (Wildman–Crippen MR) is 70.0 cm³/mol. The first-order valence-electron chi connectivity index (χ1n) is 6.51. The molecule has 2 rings (SSSR count). The zero-order chi connectivity index (χ0) is 15.6. The molecule has 0 spiro atoms. The maximum atomic E-state index is 13.8. The van der Waals surface area contributed by atoms with Crippen molar-refractivity contribution in [3.8, 4) is 0 Å². The minimum absolute atomic E-state index is 0.269. The van der Waals surface area contributed by atoms with Crippen LogP contribution < -0.4 is 5.32 Å². The number of aliphatic carboxylic acids is 1. The third-order valence-electron chi connectivity index (χ3n) is 3.61. The van der Waals surface area contributed by atoms with E-state index in [1.807, 2.05) is 0 Å². The van der Waals surface area contributed by atoms with Gasteiger partial charge in [-0.15, -0.1) is 0 Å². The molecule has 0 aromatic heterocycles. The lowest BCUT2D eigenvalue weighted by Crippen LogP contribution is -2.31. The van der Waals surface area contributed by atoms with Gasteiger partial charge in [0.1, 0.15) is 5.69 Å². The molecule has 1 aromatic carbocycles. The fourth-order valence-corrected chi connectivity index (χ4v) is 2.55. The molecule has 0 amide bonds. The molecule has 0 radical (unpaired) electrons. The Kier molecular flexibility index (Phi) is 4.35. The summed E-state index contributed by atoms with van der Waals surface area (Å²) >= 11 is 0. The third-order valence-corrected chi connectivity index (χ3v) is 3.61. The van der Waals surface area contributed by atoms with Crippen molar-refractivity contribution in [1.82, 2.24) is 0 Å². The SMILES string of the molecule is O=C(O)C1CCCC(Nc2c(F)cc([N+](=O)[O-])cc2F)C1. The van der Waals surface area contributed by atoms with E-state index >= 15 is 0 Å². The quantitative estimate of drug-likeness (QED) is 0.659. The van der Waals surface area contributed by atoms with E-state index in [-0.39, 0.29) is 12.5 Å². The molecule has 2 unspecified atom stereocenters. The highest BCUT2D eigenvalue weighted by Crippen LogP contribution is 2.30. The lowest BCUT2D eigenvalue weighted by molar-refractivity contribution is -0.385. The Morgan fingerprint density at radius 3 is 2.48 bits per heavy atom. The van der Waals surface area contributed by atoms with E-state index in [0.717, 1.165) is 0 Å². The summed E-state index contributed by atoms with van der Waals surface area (Å²) in [7, 11) is 0. The number of nitro benzene ring substituents is 1. The average molecular weight is 300 g/mol. The first-order chi connectivity index (χ1) is 9.88. The smallest absolute Gasteiger partial charge is 0.306 e. The summed E-state index contributed by atoms with van der Waals surface area (Å²) in [6.07, 6.45) is 2.05. The van der Waals surface area contributed by atoms with Gasteiger partial charge in [-0.3, -0.25) is 14.9 Å². The van der Waals surface area contributed by atoms with E-state index in [4.69, 9.17) is 5.11 Å². The summed E-state index contributed by atoms with van der Waals surface area (Å²) in [5.41, 5.74) is -1.11. The molecule has 1 fully saturated rings. The Bertz CT molecular complexity index is 556. The van der Waals surface area contributed by atoms with Crippen molar-refractivity contribution in [2.45, 2.75) is 31.7 Å². The van der Waals surface area contributed by atoms with Crippen LogP contribution in [-0.4, -0.2) is 22.0 Å². The number of rotatable bonds is 4. The number of carboxylic acid groups (broad SMARTS) is 1. The van der Waals surface area contributed by atoms with E-state index in [1.54, 1.807) is 0 Å². The van der Waals surface area contributed by atoms with Crippen molar-refractivity contribution in [3.63, 3.8) is 0 Å². The van der Waals surface area contributed by atoms with Crippen molar-refractivity contribution in [1.29, 1.82) is 0 Å². The van der Waals surface area contributed by atoms with Gasteiger partial charge in [0.05, 0.1) is 23.0 Å². The number of non-ortho nitro benzene ring substituents is 1. The molecule has 1 aromatic rings. The number of carbonyl (C=O) groups is 1. The minimum Gasteiger partial charge on any atom is -0.481 e. The van der Waals surface area contributed by atoms with Gasteiger partial charge in [0, 0.05) is 6.04 Å². The van der Waals surface area contributed by atoms with Crippen LogP contribution in [0.25, 0.3) is 0 Å². The molecule has 21 heavy (non-hydrogen) atoms. The van der Waals surface area contributed by atoms with Gasteiger partial charge in [-0.25, -0.2) is 8.78 Å². The van der Waals surface area contributed by atoms with Crippen molar-refractivity contribution in [2.75, 3.05) is 5.32 Å². The standard InChI is InChI=1S/C13H14F2N2O4/c14-10-5-9(17(20)21)6-11(15)12(10)16-8-3-1-2-7(4-8)13(18)19/h5-8,16H,1-4H2,(H,18,19). The van der Waals surface area contributed by atoms with E-state index in [9.17, 15) is 23.7 Å². The van der Waals surface area contributed by atoms with Gasteiger partial charge in [0.25, 0.3) is 5.69 Å². The number of nitrogens with zero attached hydrogens (tertiary/aromatic N) is 1. The highest BCUT2D eigenvalue weighted by molar-refractivity contribution is 5.70. The van der Waals surface area contributed by atoms with Crippen LogP contribution in [0.3, 0.4) is 0 Å². The number of nitro groups is 1. The van der Waals surface area contributed by atoms with Crippen LogP contribution in [0.4, 0.5) is 20.2 Å². The second-order valence-electron chi connectivity index (χ2n) is 5.08. The summed E-state index contributed by atoms with van der Waals surface area (Å²) in [6.45, 7) is 0. The van der Waals surface area contributed by atoms with Gasteiger partial charge in [0.2, 0.25) is 0 Å². The normalized spacial score (nSPS) is 21.8. The Morgan fingerprint density at radius 2 is 1.95 bits per heavy atom. The fourth-order valence-electron chi connectivity index (χ4n) is 2.55. The number of nitrogens with one attached hydrogen (secondary N) is 1. The predicted octanol–water partition coefficient (Wildman–Crippen LogP) is 2.93. The van der Waals surface area contributed by atoms with E-state index in [0.29, 0.717) is 31.4 Å². The molecule has 0 saturated heterocycles. The monoisotopic (exact) mass is 300 g/mol. The first-order valence-corrected chi connectivity index (χ1v) is 6.51. The molecule has 2 N–H and O–H groups in total. The minimum atomic E-state index is -1.06. The fraction of sp³-hybridized carbons (Fsp3) is 0.462. The number of anilines is 1. The van der Waals surface area contributed by atoms with Crippen LogP contribution in [0.1, 0.15) is 25.7 Å². The molecule has 114 valence electrons. The highest BCUT2D eigenvalue weighted by atomic mass is 19.1. The summed E-state index contributed by atoms with van der Waals surface area (Å²) in [4.78, 5) is 20.6. The second kappa shape index (κ2) is 6.02. The average Bonchev–Trinajstić information content (AvgIpc) is 2.42. The molecule has 0 aliphatic heterocycles. The highest BCUT2D eigenvalue weighted by Gasteiger charge is 2.28. The van der Waals surface area contributed by atoms with Crippen LogP contribution >= 0.6 is 0 Å².